The number of hydrogen-bond acceptors (Lipinski definition) is 4. The summed E-state index contributed by atoms with van der Waals surface area (Å²) in [5, 5.41) is 0. The van der Waals surface area contributed by atoms with Gasteiger partial charge in [0, 0.05) is 12.8 Å². The minimum absolute atomic E-state index is 0.180. The highest BCUT2D eigenvalue weighted by Crippen LogP contribution is 2.25. The standard InChI is InChI=1S/C16H16FN3O2S/c1-23(21,22)14-4-2-3-13-16(14)20(15(9-18)19-13)10-11-5-7-12(17)8-6-11/h2-8H,9-10,18H2,1H3. The van der Waals surface area contributed by atoms with E-state index in [-0.39, 0.29) is 17.3 Å². The van der Waals surface area contributed by atoms with Crippen LogP contribution in [0.2, 0.25) is 0 Å². The van der Waals surface area contributed by atoms with E-state index in [1.54, 1.807) is 34.9 Å². The summed E-state index contributed by atoms with van der Waals surface area (Å²) in [6.45, 7) is 0.551. The van der Waals surface area contributed by atoms with E-state index in [1.807, 2.05) is 0 Å². The van der Waals surface area contributed by atoms with Crippen LogP contribution in [0.15, 0.2) is 47.4 Å². The van der Waals surface area contributed by atoms with Gasteiger partial charge < -0.3 is 10.3 Å². The molecule has 0 saturated carbocycles. The number of hydrogen-bond donors (Lipinski definition) is 1. The fraction of sp³-hybridized carbons (Fsp3) is 0.188. The molecule has 0 amide bonds. The minimum Gasteiger partial charge on any atom is -0.324 e. The monoisotopic (exact) mass is 333 g/mol. The van der Waals surface area contributed by atoms with Crippen molar-refractivity contribution < 1.29 is 12.8 Å². The molecule has 0 atom stereocenters. The van der Waals surface area contributed by atoms with Gasteiger partial charge in [-0.1, -0.05) is 18.2 Å². The molecule has 2 N–H and O–H groups in total. The zero-order valence-corrected chi connectivity index (χ0v) is 13.3. The van der Waals surface area contributed by atoms with E-state index in [2.05, 4.69) is 4.98 Å². The van der Waals surface area contributed by atoms with Crippen LogP contribution in [0.5, 0.6) is 0 Å². The lowest BCUT2D eigenvalue weighted by Crippen LogP contribution is -2.11. The lowest BCUT2D eigenvalue weighted by atomic mass is 10.2. The zero-order chi connectivity index (χ0) is 16.6. The summed E-state index contributed by atoms with van der Waals surface area (Å²) in [7, 11) is -3.41. The van der Waals surface area contributed by atoms with Gasteiger partial charge in [-0.3, -0.25) is 0 Å². The zero-order valence-electron chi connectivity index (χ0n) is 12.5. The van der Waals surface area contributed by atoms with Crippen molar-refractivity contribution in [2.24, 2.45) is 5.73 Å². The van der Waals surface area contributed by atoms with Crippen LogP contribution < -0.4 is 5.73 Å². The van der Waals surface area contributed by atoms with E-state index in [4.69, 9.17) is 5.73 Å². The first-order chi connectivity index (χ1) is 10.9. The summed E-state index contributed by atoms with van der Waals surface area (Å²) in [5.74, 6) is 0.264. The minimum atomic E-state index is -3.41. The summed E-state index contributed by atoms with van der Waals surface area (Å²) in [6, 6.07) is 11.0. The molecule has 0 spiro atoms. The Kier molecular flexibility index (Phi) is 3.91. The van der Waals surface area contributed by atoms with Gasteiger partial charge >= 0.3 is 0 Å². The Morgan fingerprint density at radius 3 is 2.48 bits per heavy atom. The summed E-state index contributed by atoms with van der Waals surface area (Å²) in [6.07, 6.45) is 1.17. The van der Waals surface area contributed by atoms with E-state index < -0.39 is 9.84 Å². The van der Waals surface area contributed by atoms with E-state index in [0.717, 1.165) is 5.56 Å². The van der Waals surface area contributed by atoms with Gasteiger partial charge in [0.1, 0.15) is 11.6 Å². The second kappa shape index (κ2) is 5.75. The van der Waals surface area contributed by atoms with Gasteiger partial charge in [-0.2, -0.15) is 0 Å². The summed E-state index contributed by atoms with van der Waals surface area (Å²) >= 11 is 0. The fourth-order valence-electron chi connectivity index (χ4n) is 2.60. The van der Waals surface area contributed by atoms with Crippen molar-refractivity contribution in [3.05, 3.63) is 59.7 Å². The average Bonchev–Trinajstić information content (AvgIpc) is 2.86. The number of para-hydroxylation sites is 1. The van der Waals surface area contributed by atoms with Crippen LogP contribution >= 0.6 is 0 Å². The molecule has 5 nitrogen and oxygen atoms in total. The number of aromatic nitrogens is 2. The molecule has 3 rings (SSSR count). The molecule has 0 aliphatic heterocycles. The normalized spacial score (nSPS) is 12.0. The lowest BCUT2D eigenvalue weighted by Gasteiger charge is -2.10. The lowest BCUT2D eigenvalue weighted by molar-refractivity contribution is 0.602. The number of sulfone groups is 1. The molecular weight excluding hydrogens is 317 g/mol. The van der Waals surface area contributed by atoms with Gasteiger partial charge in [0.2, 0.25) is 0 Å². The van der Waals surface area contributed by atoms with Crippen molar-refractivity contribution in [1.82, 2.24) is 9.55 Å². The van der Waals surface area contributed by atoms with Gasteiger partial charge in [0.05, 0.1) is 22.5 Å². The SMILES string of the molecule is CS(=O)(=O)c1cccc2nc(CN)n(Cc3ccc(F)cc3)c12. The van der Waals surface area contributed by atoms with Crippen molar-refractivity contribution in [2.45, 2.75) is 18.0 Å². The maximum Gasteiger partial charge on any atom is 0.177 e. The maximum absolute atomic E-state index is 13.1. The Labute approximate surface area is 133 Å². The second-order valence-electron chi connectivity index (χ2n) is 5.34. The topological polar surface area (TPSA) is 78.0 Å². The molecule has 1 heterocycles. The van der Waals surface area contributed by atoms with Crippen molar-refractivity contribution in [3.8, 4) is 0 Å². The maximum atomic E-state index is 13.1. The number of rotatable bonds is 4. The van der Waals surface area contributed by atoms with E-state index in [9.17, 15) is 12.8 Å². The highest BCUT2D eigenvalue weighted by atomic mass is 32.2. The molecule has 3 aromatic rings. The number of nitrogens with zero attached hydrogens (tertiary/aromatic N) is 2. The molecule has 1 aromatic heterocycles. The second-order valence-corrected chi connectivity index (χ2v) is 7.32. The first-order valence-corrected chi connectivity index (χ1v) is 8.92. The first-order valence-electron chi connectivity index (χ1n) is 7.03. The molecule has 0 radical (unpaired) electrons. The number of nitrogens with two attached hydrogens (primary N) is 1. The molecule has 0 aliphatic carbocycles. The number of imidazole rings is 1. The van der Waals surface area contributed by atoms with Gasteiger partial charge in [-0.25, -0.2) is 17.8 Å². The average molecular weight is 333 g/mol. The molecular formula is C16H16FN3O2S. The van der Waals surface area contributed by atoms with Crippen molar-refractivity contribution in [2.75, 3.05) is 6.26 Å². The Hall–Kier alpha value is -2.25. The van der Waals surface area contributed by atoms with Crippen LogP contribution in [0, 0.1) is 5.82 Å². The third-order valence-corrected chi connectivity index (χ3v) is 4.77. The molecule has 0 aliphatic rings. The van der Waals surface area contributed by atoms with Crippen molar-refractivity contribution in [1.29, 1.82) is 0 Å². The van der Waals surface area contributed by atoms with Crippen LogP contribution in [0.25, 0.3) is 11.0 Å². The van der Waals surface area contributed by atoms with Gasteiger partial charge in [0.25, 0.3) is 0 Å². The molecule has 120 valence electrons. The van der Waals surface area contributed by atoms with Crippen LogP contribution in [-0.4, -0.2) is 24.2 Å². The van der Waals surface area contributed by atoms with Crippen LogP contribution in [0.4, 0.5) is 4.39 Å². The molecule has 0 fully saturated rings. The molecule has 0 bridgehead atoms. The number of benzene rings is 2. The van der Waals surface area contributed by atoms with E-state index in [1.165, 1.54) is 18.4 Å². The third kappa shape index (κ3) is 2.97. The molecule has 2 aromatic carbocycles. The smallest absolute Gasteiger partial charge is 0.177 e. The molecule has 0 saturated heterocycles. The van der Waals surface area contributed by atoms with Crippen molar-refractivity contribution >= 4 is 20.9 Å². The predicted molar refractivity (Wildman–Crippen MR) is 86.2 cm³/mol. The fourth-order valence-corrected chi connectivity index (χ4v) is 3.49. The first kappa shape index (κ1) is 15.6. The quantitative estimate of drug-likeness (QED) is 0.793. The highest BCUT2D eigenvalue weighted by Gasteiger charge is 2.19. The van der Waals surface area contributed by atoms with Crippen LogP contribution in [0.3, 0.4) is 0 Å². The van der Waals surface area contributed by atoms with Gasteiger partial charge in [0.15, 0.2) is 9.84 Å². The van der Waals surface area contributed by atoms with E-state index >= 15 is 0 Å². The molecule has 23 heavy (non-hydrogen) atoms. The van der Waals surface area contributed by atoms with Crippen LogP contribution in [0.1, 0.15) is 11.4 Å². The van der Waals surface area contributed by atoms with Crippen LogP contribution in [-0.2, 0) is 22.9 Å². The van der Waals surface area contributed by atoms with E-state index in [0.29, 0.717) is 23.4 Å². The Bertz CT molecular complexity index is 963. The third-order valence-electron chi connectivity index (χ3n) is 3.64. The molecule has 0 unspecified atom stereocenters. The highest BCUT2D eigenvalue weighted by molar-refractivity contribution is 7.91. The largest absolute Gasteiger partial charge is 0.324 e. The molecule has 7 heteroatoms. The summed E-state index contributed by atoms with van der Waals surface area (Å²) < 4.78 is 39.0. The Morgan fingerprint density at radius 2 is 1.87 bits per heavy atom. The van der Waals surface area contributed by atoms with Gasteiger partial charge in [-0.05, 0) is 29.8 Å². The summed E-state index contributed by atoms with van der Waals surface area (Å²) in [5.41, 5.74) is 7.70. The summed E-state index contributed by atoms with van der Waals surface area (Å²) in [4.78, 5) is 4.63. The number of halogens is 1. The van der Waals surface area contributed by atoms with Gasteiger partial charge in [-0.15, -0.1) is 0 Å². The van der Waals surface area contributed by atoms with Crippen molar-refractivity contribution in [3.63, 3.8) is 0 Å². The Balaban J connectivity index is 2.23. The number of fused-ring (bicyclic) bond motifs is 1. The predicted octanol–water partition coefficient (Wildman–Crippen LogP) is 2.09. The Morgan fingerprint density at radius 1 is 1.17 bits per heavy atom.